The summed E-state index contributed by atoms with van der Waals surface area (Å²) in [5, 5.41) is 12.7. The minimum Gasteiger partial charge on any atom is -0.393 e. The van der Waals surface area contributed by atoms with E-state index in [1.54, 1.807) is 23.9 Å². The first-order valence-corrected chi connectivity index (χ1v) is 10.7. The number of aliphatic hydroxyl groups excluding tert-OH is 1. The van der Waals surface area contributed by atoms with Crippen molar-refractivity contribution in [2.75, 3.05) is 5.32 Å². The van der Waals surface area contributed by atoms with Crippen LogP contribution in [0.1, 0.15) is 59.0 Å². The molecule has 1 amide bonds. The molecule has 1 aromatic carbocycles. The Morgan fingerprint density at radius 2 is 1.87 bits per heavy atom. The number of carbonyl (C=O) groups excluding carboxylic acids is 1. The van der Waals surface area contributed by atoms with Gasteiger partial charge in [0.15, 0.2) is 0 Å². The predicted octanol–water partition coefficient (Wildman–Crippen LogP) is 3.44. The van der Waals surface area contributed by atoms with Crippen LogP contribution in [0, 0.1) is 13.8 Å². The Hall–Kier alpha value is -3.19. The Labute approximate surface area is 181 Å². The highest BCUT2D eigenvalue weighted by molar-refractivity contribution is 6.05. The van der Waals surface area contributed by atoms with Crippen LogP contribution in [0.4, 0.5) is 5.69 Å². The van der Waals surface area contributed by atoms with Gasteiger partial charge in [-0.1, -0.05) is 18.2 Å². The number of amides is 1. The van der Waals surface area contributed by atoms with Crippen LogP contribution in [-0.4, -0.2) is 31.2 Å². The number of hydrogen-bond acceptors (Lipinski definition) is 4. The van der Waals surface area contributed by atoms with Crippen molar-refractivity contribution >= 4 is 11.6 Å². The maximum atomic E-state index is 13.2. The Balaban J connectivity index is 1.60. The molecule has 1 aliphatic carbocycles. The molecule has 1 aliphatic rings. The van der Waals surface area contributed by atoms with E-state index in [0.29, 0.717) is 30.6 Å². The van der Waals surface area contributed by atoms with E-state index in [1.165, 1.54) is 0 Å². The van der Waals surface area contributed by atoms with Gasteiger partial charge in [-0.25, -0.2) is 4.98 Å². The van der Waals surface area contributed by atoms with Crippen molar-refractivity contribution in [3.8, 4) is 0 Å². The number of imidazole rings is 1. The fraction of sp³-hybridized carbons (Fsp3) is 0.375. The second-order valence-corrected chi connectivity index (χ2v) is 8.26. The number of hydrogen-bond donors (Lipinski definition) is 2. The van der Waals surface area contributed by atoms with Gasteiger partial charge < -0.3 is 19.6 Å². The standard InChI is InChI=1S/C24H28N4O3/c1-16-11-13-28(19-7-9-20(29)10-8-19)24(31)22(16)23(30)26-21-6-4-3-5-18(21)15-27-14-12-25-17(27)2/h3-6,11-14,19-20,29H,7-10,15H2,1-2H3,(H,26,30). The number of para-hydroxylation sites is 1. The van der Waals surface area contributed by atoms with Crippen molar-refractivity contribution in [3.05, 3.63) is 81.8 Å². The third-order valence-corrected chi connectivity index (χ3v) is 6.14. The Morgan fingerprint density at radius 3 is 2.58 bits per heavy atom. The molecule has 2 N–H and O–H groups in total. The summed E-state index contributed by atoms with van der Waals surface area (Å²) in [7, 11) is 0. The summed E-state index contributed by atoms with van der Waals surface area (Å²) in [6.45, 7) is 4.29. The lowest BCUT2D eigenvalue weighted by molar-refractivity contribution is 0.101. The molecule has 7 nitrogen and oxygen atoms in total. The summed E-state index contributed by atoms with van der Waals surface area (Å²) in [5.41, 5.74) is 2.16. The third-order valence-electron chi connectivity index (χ3n) is 6.14. The molecular formula is C24H28N4O3. The molecule has 31 heavy (non-hydrogen) atoms. The van der Waals surface area contributed by atoms with Crippen molar-refractivity contribution in [3.63, 3.8) is 0 Å². The predicted molar refractivity (Wildman–Crippen MR) is 119 cm³/mol. The number of carbonyl (C=O) groups is 1. The minimum absolute atomic E-state index is 0.0135. The molecule has 0 saturated heterocycles. The average molecular weight is 421 g/mol. The minimum atomic E-state index is -0.400. The Morgan fingerprint density at radius 1 is 1.13 bits per heavy atom. The molecule has 0 bridgehead atoms. The van der Waals surface area contributed by atoms with Gasteiger partial charge in [-0.15, -0.1) is 0 Å². The van der Waals surface area contributed by atoms with Crippen LogP contribution >= 0.6 is 0 Å². The number of nitrogens with one attached hydrogen (secondary N) is 1. The SMILES string of the molecule is Cc1ccn(C2CCC(O)CC2)c(=O)c1C(=O)Nc1ccccc1Cn1ccnc1C. The Bertz CT molecular complexity index is 1140. The second kappa shape index (κ2) is 8.89. The summed E-state index contributed by atoms with van der Waals surface area (Å²) in [6.07, 6.45) is 7.94. The number of aromatic nitrogens is 3. The maximum Gasteiger partial charge on any atom is 0.263 e. The van der Waals surface area contributed by atoms with Gasteiger partial charge in [-0.2, -0.15) is 0 Å². The molecule has 4 rings (SSSR count). The zero-order valence-corrected chi connectivity index (χ0v) is 17.9. The van der Waals surface area contributed by atoms with E-state index in [1.807, 2.05) is 48.0 Å². The molecule has 3 aromatic rings. The quantitative estimate of drug-likeness (QED) is 0.662. The van der Waals surface area contributed by atoms with E-state index in [9.17, 15) is 14.7 Å². The van der Waals surface area contributed by atoms with Crippen molar-refractivity contribution in [1.82, 2.24) is 14.1 Å². The van der Waals surface area contributed by atoms with E-state index >= 15 is 0 Å². The fourth-order valence-electron chi connectivity index (χ4n) is 4.26. The molecule has 0 aliphatic heterocycles. The lowest BCUT2D eigenvalue weighted by atomic mass is 9.92. The van der Waals surface area contributed by atoms with E-state index < -0.39 is 5.91 Å². The van der Waals surface area contributed by atoms with Crippen LogP contribution in [0.2, 0.25) is 0 Å². The molecule has 7 heteroatoms. The van der Waals surface area contributed by atoms with Gasteiger partial charge in [0.05, 0.1) is 12.6 Å². The number of benzene rings is 1. The maximum absolute atomic E-state index is 13.2. The van der Waals surface area contributed by atoms with Gasteiger partial charge in [-0.05, 0) is 62.8 Å². The molecule has 0 atom stereocenters. The van der Waals surface area contributed by atoms with E-state index in [2.05, 4.69) is 10.3 Å². The van der Waals surface area contributed by atoms with E-state index in [-0.39, 0.29) is 23.3 Å². The molecule has 0 radical (unpaired) electrons. The molecule has 2 aromatic heterocycles. The molecule has 162 valence electrons. The van der Waals surface area contributed by atoms with Crippen molar-refractivity contribution in [2.24, 2.45) is 0 Å². The highest BCUT2D eigenvalue weighted by Gasteiger charge is 2.24. The van der Waals surface area contributed by atoms with Gasteiger partial charge in [0, 0.05) is 30.3 Å². The van der Waals surface area contributed by atoms with Crippen LogP contribution in [0.25, 0.3) is 0 Å². The zero-order chi connectivity index (χ0) is 22.0. The largest absolute Gasteiger partial charge is 0.393 e. The highest BCUT2D eigenvalue weighted by Crippen LogP contribution is 2.27. The fourth-order valence-corrected chi connectivity index (χ4v) is 4.26. The average Bonchev–Trinajstić information content (AvgIpc) is 3.15. The number of pyridine rings is 1. The van der Waals surface area contributed by atoms with Crippen LogP contribution in [0.15, 0.2) is 53.7 Å². The second-order valence-electron chi connectivity index (χ2n) is 8.26. The lowest BCUT2D eigenvalue weighted by Crippen LogP contribution is -2.34. The zero-order valence-electron chi connectivity index (χ0n) is 17.9. The summed E-state index contributed by atoms with van der Waals surface area (Å²) in [4.78, 5) is 30.6. The van der Waals surface area contributed by atoms with Crippen LogP contribution in [-0.2, 0) is 6.54 Å². The summed E-state index contributed by atoms with van der Waals surface area (Å²) in [5.74, 6) is 0.489. The van der Waals surface area contributed by atoms with E-state index in [0.717, 1.165) is 24.2 Å². The van der Waals surface area contributed by atoms with Gasteiger partial charge in [0.25, 0.3) is 11.5 Å². The van der Waals surface area contributed by atoms with Gasteiger partial charge in [0.2, 0.25) is 0 Å². The Kier molecular flexibility index (Phi) is 6.04. The van der Waals surface area contributed by atoms with Crippen LogP contribution in [0.5, 0.6) is 0 Å². The van der Waals surface area contributed by atoms with E-state index in [4.69, 9.17) is 0 Å². The smallest absolute Gasteiger partial charge is 0.263 e. The first kappa shape index (κ1) is 21.1. The van der Waals surface area contributed by atoms with Crippen molar-refractivity contribution in [1.29, 1.82) is 0 Å². The molecule has 1 fully saturated rings. The molecule has 2 heterocycles. The van der Waals surface area contributed by atoms with Gasteiger partial charge >= 0.3 is 0 Å². The first-order chi connectivity index (χ1) is 14.9. The molecule has 0 unspecified atom stereocenters. The van der Waals surface area contributed by atoms with Crippen LogP contribution < -0.4 is 10.9 Å². The van der Waals surface area contributed by atoms with Crippen LogP contribution in [0.3, 0.4) is 0 Å². The summed E-state index contributed by atoms with van der Waals surface area (Å²) < 4.78 is 3.66. The summed E-state index contributed by atoms with van der Waals surface area (Å²) in [6, 6.07) is 9.43. The number of nitrogens with zero attached hydrogens (tertiary/aromatic N) is 3. The van der Waals surface area contributed by atoms with Crippen molar-refractivity contribution < 1.29 is 9.90 Å². The molecular weight excluding hydrogens is 392 g/mol. The summed E-state index contributed by atoms with van der Waals surface area (Å²) >= 11 is 0. The number of rotatable bonds is 5. The first-order valence-electron chi connectivity index (χ1n) is 10.7. The van der Waals surface area contributed by atoms with Gasteiger partial charge in [0.1, 0.15) is 11.4 Å². The monoisotopic (exact) mass is 420 g/mol. The molecule has 0 spiro atoms. The number of aryl methyl sites for hydroxylation is 2. The molecule has 1 saturated carbocycles. The highest BCUT2D eigenvalue weighted by atomic mass is 16.3. The van der Waals surface area contributed by atoms with Crippen molar-refractivity contribution in [2.45, 2.75) is 58.2 Å². The number of anilines is 1. The topological polar surface area (TPSA) is 89.1 Å². The van der Waals surface area contributed by atoms with Gasteiger partial charge in [-0.3, -0.25) is 9.59 Å². The normalized spacial score (nSPS) is 18.7. The number of aliphatic hydroxyl groups is 1. The third kappa shape index (κ3) is 4.46. The lowest BCUT2D eigenvalue weighted by Gasteiger charge is -2.27.